The summed E-state index contributed by atoms with van der Waals surface area (Å²) in [6, 6.07) is 7.97. The zero-order valence-electron chi connectivity index (χ0n) is 14.2. The smallest absolute Gasteiger partial charge is 0.253 e. The lowest BCUT2D eigenvalue weighted by molar-refractivity contribution is 0.0942. The number of aromatic nitrogens is 1. The predicted molar refractivity (Wildman–Crippen MR) is 93.7 cm³/mol. The van der Waals surface area contributed by atoms with Crippen molar-refractivity contribution in [2.24, 2.45) is 5.92 Å². The van der Waals surface area contributed by atoms with Crippen molar-refractivity contribution in [3.63, 3.8) is 0 Å². The van der Waals surface area contributed by atoms with Gasteiger partial charge in [0.1, 0.15) is 0 Å². The molecule has 0 spiro atoms. The van der Waals surface area contributed by atoms with Gasteiger partial charge in [0, 0.05) is 18.5 Å². The molecule has 124 valence electrons. The van der Waals surface area contributed by atoms with E-state index in [-0.39, 0.29) is 12.5 Å². The first-order valence-corrected chi connectivity index (χ1v) is 8.32. The summed E-state index contributed by atoms with van der Waals surface area (Å²) in [6.07, 6.45) is 2.79. The van der Waals surface area contributed by atoms with Crippen LogP contribution in [0.15, 0.2) is 24.3 Å². The third-order valence-electron chi connectivity index (χ3n) is 4.19. The molecule has 0 aliphatic rings. The summed E-state index contributed by atoms with van der Waals surface area (Å²) < 4.78 is 0. The fraction of sp³-hybridized carbons (Fsp3) is 0.474. The maximum Gasteiger partial charge on any atom is 0.253 e. The fourth-order valence-corrected chi connectivity index (χ4v) is 2.87. The highest BCUT2D eigenvalue weighted by Gasteiger charge is 2.14. The quantitative estimate of drug-likeness (QED) is 0.823. The van der Waals surface area contributed by atoms with E-state index >= 15 is 0 Å². The average Bonchev–Trinajstić information content (AvgIpc) is 2.52. The molecule has 0 saturated heterocycles. The Morgan fingerprint density at radius 2 is 2.04 bits per heavy atom. The van der Waals surface area contributed by atoms with E-state index < -0.39 is 0 Å². The highest BCUT2D eigenvalue weighted by molar-refractivity contribution is 5.98. The van der Waals surface area contributed by atoms with Crippen molar-refractivity contribution in [1.29, 1.82) is 0 Å². The Labute approximate surface area is 137 Å². The summed E-state index contributed by atoms with van der Waals surface area (Å²) in [5, 5.41) is 13.1. The van der Waals surface area contributed by atoms with Crippen LogP contribution in [-0.4, -0.2) is 29.1 Å². The maximum atomic E-state index is 12.5. The molecule has 1 amide bonds. The van der Waals surface area contributed by atoms with Gasteiger partial charge in [-0.2, -0.15) is 0 Å². The van der Waals surface area contributed by atoms with Crippen LogP contribution in [0.3, 0.4) is 0 Å². The Hall–Kier alpha value is -1.94. The Bertz CT molecular complexity index is 676. The molecule has 0 aliphatic heterocycles. The lowest BCUT2D eigenvalue weighted by atomic mass is 10.00. The lowest BCUT2D eigenvalue weighted by Crippen LogP contribution is -2.30. The van der Waals surface area contributed by atoms with Gasteiger partial charge in [0.25, 0.3) is 5.91 Å². The second-order valence-corrected chi connectivity index (χ2v) is 6.19. The Morgan fingerprint density at radius 3 is 2.74 bits per heavy atom. The number of rotatable bonds is 7. The first-order chi connectivity index (χ1) is 11.0. The van der Waals surface area contributed by atoms with Crippen molar-refractivity contribution >= 4 is 16.8 Å². The largest absolute Gasteiger partial charge is 0.396 e. The molecule has 4 heteroatoms. The van der Waals surface area contributed by atoms with Crippen LogP contribution in [0, 0.1) is 19.8 Å². The molecule has 0 fully saturated rings. The molecule has 0 aliphatic carbocycles. The number of nitrogens with one attached hydrogen (secondary N) is 1. The van der Waals surface area contributed by atoms with Crippen LogP contribution in [0.1, 0.15) is 47.8 Å². The molecule has 0 radical (unpaired) electrons. The molecule has 1 atom stereocenters. The van der Waals surface area contributed by atoms with E-state index in [0.29, 0.717) is 18.0 Å². The van der Waals surface area contributed by atoms with Gasteiger partial charge in [-0.25, -0.2) is 0 Å². The van der Waals surface area contributed by atoms with Crippen LogP contribution in [0.25, 0.3) is 10.9 Å². The van der Waals surface area contributed by atoms with Gasteiger partial charge in [-0.15, -0.1) is 0 Å². The van der Waals surface area contributed by atoms with E-state index in [1.165, 1.54) is 0 Å². The number of hydrogen-bond acceptors (Lipinski definition) is 3. The molecule has 1 aromatic carbocycles. The summed E-state index contributed by atoms with van der Waals surface area (Å²) in [6.45, 7) is 6.78. The number of carbonyl (C=O) groups is 1. The van der Waals surface area contributed by atoms with Gasteiger partial charge in [0.2, 0.25) is 0 Å². The number of aliphatic hydroxyl groups excluding tert-OH is 1. The zero-order chi connectivity index (χ0) is 16.8. The molecule has 0 bridgehead atoms. The second-order valence-electron chi connectivity index (χ2n) is 6.19. The van der Waals surface area contributed by atoms with E-state index in [0.717, 1.165) is 41.4 Å². The fourth-order valence-electron chi connectivity index (χ4n) is 2.87. The number of nitrogens with zero attached hydrogens (tertiary/aromatic N) is 1. The van der Waals surface area contributed by atoms with Crippen LogP contribution >= 0.6 is 0 Å². The van der Waals surface area contributed by atoms with E-state index in [1.807, 2.05) is 38.1 Å². The van der Waals surface area contributed by atoms with Gasteiger partial charge >= 0.3 is 0 Å². The summed E-state index contributed by atoms with van der Waals surface area (Å²) in [4.78, 5) is 17.0. The maximum absolute atomic E-state index is 12.5. The van der Waals surface area contributed by atoms with Crippen molar-refractivity contribution in [3.05, 3.63) is 41.1 Å². The van der Waals surface area contributed by atoms with Crippen molar-refractivity contribution in [1.82, 2.24) is 10.3 Å². The molecule has 1 heterocycles. The third-order valence-corrected chi connectivity index (χ3v) is 4.19. The number of aryl methyl sites for hydroxylation is 2. The molecule has 2 rings (SSSR count). The Kier molecular flexibility index (Phi) is 6.11. The minimum atomic E-state index is -0.0866. The number of fused-ring (bicyclic) bond motifs is 1. The monoisotopic (exact) mass is 314 g/mol. The van der Waals surface area contributed by atoms with E-state index in [4.69, 9.17) is 5.11 Å². The van der Waals surface area contributed by atoms with Crippen molar-refractivity contribution < 1.29 is 9.90 Å². The van der Waals surface area contributed by atoms with Crippen LogP contribution in [0.5, 0.6) is 0 Å². The minimum Gasteiger partial charge on any atom is -0.396 e. The summed E-state index contributed by atoms with van der Waals surface area (Å²) in [5.74, 6) is 0.238. The highest BCUT2D eigenvalue weighted by atomic mass is 16.3. The number of carbonyl (C=O) groups excluding carboxylic acids is 1. The molecular formula is C19H26N2O2. The molecule has 2 aromatic rings. The molecular weight excluding hydrogens is 288 g/mol. The van der Waals surface area contributed by atoms with Crippen LogP contribution in [0.2, 0.25) is 0 Å². The molecule has 0 saturated carbocycles. The molecule has 2 N–H and O–H groups in total. The molecule has 1 unspecified atom stereocenters. The first-order valence-electron chi connectivity index (χ1n) is 8.32. The van der Waals surface area contributed by atoms with Crippen LogP contribution < -0.4 is 5.32 Å². The number of benzene rings is 1. The summed E-state index contributed by atoms with van der Waals surface area (Å²) in [7, 11) is 0. The third kappa shape index (κ3) is 4.52. The Balaban J connectivity index is 2.14. The van der Waals surface area contributed by atoms with Gasteiger partial charge in [-0.3, -0.25) is 9.78 Å². The highest BCUT2D eigenvalue weighted by Crippen LogP contribution is 2.18. The van der Waals surface area contributed by atoms with Crippen LogP contribution in [-0.2, 0) is 0 Å². The van der Waals surface area contributed by atoms with Crippen LogP contribution in [0.4, 0.5) is 0 Å². The second kappa shape index (κ2) is 8.06. The van der Waals surface area contributed by atoms with Crippen molar-refractivity contribution in [2.45, 2.75) is 40.0 Å². The number of aliphatic hydroxyl groups is 1. The minimum absolute atomic E-state index is 0.0866. The number of hydrogen-bond donors (Lipinski definition) is 2. The standard InChI is InChI=1S/C19H26N2O2/c1-4-5-15(8-9-22)12-20-19(23)17-11-16-7-6-13(2)10-18(16)21-14(17)3/h6-7,10-11,15,22H,4-5,8-9,12H2,1-3H3,(H,20,23). The molecule has 23 heavy (non-hydrogen) atoms. The first kappa shape index (κ1) is 17.4. The van der Waals surface area contributed by atoms with E-state index in [2.05, 4.69) is 17.2 Å². The van der Waals surface area contributed by atoms with Gasteiger partial charge in [-0.1, -0.05) is 25.5 Å². The van der Waals surface area contributed by atoms with Gasteiger partial charge in [0.05, 0.1) is 16.8 Å². The summed E-state index contributed by atoms with van der Waals surface area (Å²) >= 11 is 0. The zero-order valence-corrected chi connectivity index (χ0v) is 14.2. The number of pyridine rings is 1. The number of amides is 1. The Morgan fingerprint density at radius 1 is 1.26 bits per heavy atom. The summed E-state index contributed by atoms with van der Waals surface area (Å²) in [5.41, 5.74) is 3.45. The SMILES string of the molecule is CCCC(CCO)CNC(=O)c1cc2ccc(C)cc2nc1C. The van der Waals surface area contributed by atoms with Gasteiger partial charge < -0.3 is 10.4 Å². The van der Waals surface area contributed by atoms with Gasteiger partial charge in [-0.05, 0) is 50.3 Å². The lowest BCUT2D eigenvalue weighted by Gasteiger charge is -2.16. The normalized spacial score (nSPS) is 12.3. The van der Waals surface area contributed by atoms with E-state index in [1.54, 1.807) is 0 Å². The van der Waals surface area contributed by atoms with Crippen molar-refractivity contribution in [2.75, 3.05) is 13.2 Å². The topological polar surface area (TPSA) is 62.2 Å². The average molecular weight is 314 g/mol. The van der Waals surface area contributed by atoms with E-state index in [9.17, 15) is 4.79 Å². The predicted octanol–water partition coefficient (Wildman–Crippen LogP) is 3.38. The molecule has 1 aromatic heterocycles. The van der Waals surface area contributed by atoms with Crippen molar-refractivity contribution in [3.8, 4) is 0 Å². The molecule has 4 nitrogen and oxygen atoms in total. The van der Waals surface area contributed by atoms with Gasteiger partial charge in [0.15, 0.2) is 0 Å².